The van der Waals surface area contributed by atoms with Gasteiger partial charge in [-0.2, -0.15) is 13.2 Å². The molecule has 7 heteroatoms. The van der Waals surface area contributed by atoms with Crippen molar-refractivity contribution >= 4 is 17.5 Å². The lowest BCUT2D eigenvalue weighted by atomic mass is 10.1. The number of alkyl halides is 3. The smallest absolute Gasteiger partial charge is 0.332 e. The molecule has 2 aromatic carbocycles. The van der Waals surface area contributed by atoms with Gasteiger partial charge < -0.3 is 10.2 Å². The Morgan fingerprint density at radius 1 is 1.00 bits per heavy atom. The fourth-order valence-electron chi connectivity index (χ4n) is 2.60. The van der Waals surface area contributed by atoms with Gasteiger partial charge in [0.25, 0.3) is 5.91 Å². The lowest BCUT2D eigenvalue weighted by Crippen LogP contribution is -2.36. The van der Waals surface area contributed by atoms with Gasteiger partial charge in [-0.1, -0.05) is 30.3 Å². The number of carbonyl (C=O) groups excluding carboxylic acids is 2. The van der Waals surface area contributed by atoms with Gasteiger partial charge in [-0.05, 0) is 37.1 Å². The van der Waals surface area contributed by atoms with Crippen LogP contribution in [0.15, 0.2) is 42.5 Å². The van der Waals surface area contributed by atoms with Crippen LogP contribution in [-0.2, 0) is 11.0 Å². The third-order valence-corrected chi connectivity index (χ3v) is 3.94. The number of likely N-dealkylation sites (N-methyl/N-ethyl adjacent to an activating group) is 1. The van der Waals surface area contributed by atoms with Gasteiger partial charge in [-0.3, -0.25) is 9.59 Å². The monoisotopic (exact) mass is 364 g/mol. The van der Waals surface area contributed by atoms with Gasteiger partial charge in [0.05, 0.1) is 17.7 Å². The Bertz CT molecular complexity index is 812. The van der Waals surface area contributed by atoms with Crippen LogP contribution in [0.2, 0.25) is 0 Å². The van der Waals surface area contributed by atoms with Gasteiger partial charge in [0, 0.05) is 12.7 Å². The van der Waals surface area contributed by atoms with E-state index < -0.39 is 29.1 Å². The first-order valence-corrected chi connectivity index (χ1v) is 7.89. The molecule has 0 aromatic heterocycles. The molecule has 0 aliphatic carbocycles. The molecule has 0 bridgehead atoms. The second kappa shape index (κ2) is 7.59. The van der Waals surface area contributed by atoms with Crippen molar-refractivity contribution in [1.82, 2.24) is 4.90 Å². The highest BCUT2D eigenvalue weighted by atomic mass is 19.4. The number of amides is 2. The highest BCUT2D eigenvalue weighted by Crippen LogP contribution is 2.32. The van der Waals surface area contributed by atoms with Crippen molar-refractivity contribution in [3.63, 3.8) is 0 Å². The van der Waals surface area contributed by atoms with Crippen LogP contribution in [0.5, 0.6) is 0 Å². The summed E-state index contributed by atoms with van der Waals surface area (Å²) < 4.78 is 39.2. The summed E-state index contributed by atoms with van der Waals surface area (Å²) in [5, 5.41) is 2.71. The molecule has 4 nitrogen and oxygen atoms in total. The number of benzene rings is 2. The minimum absolute atomic E-state index is 0.362. The van der Waals surface area contributed by atoms with Gasteiger partial charge in [-0.25, -0.2) is 0 Å². The van der Waals surface area contributed by atoms with Crippen LogP contribution in [0.25, 0.3) is 0 Å². The molecule has 0 atom stereocenters. The maximum atomic E-state index is 13.1. The number of nitrogens with zero attached hydrogens (tertiary/aromatic N) is 1. The Morgan fingerprint density at radius 2 is 1.58 bits per heavy atom. The largest absolute Gasteiger partial charge is 0.417 e. The van der Waals surface area contributed by atoms with Crippen LogP contribution in [-0.4, -0.2) is 30.3 Å². The molecule has 0 unspecified atom stereocenters. The molecular weight excluding hydrogens is 345 g/mol. The Morgan fingerprint density at radius 3 is 2.15 bits per heavy atom. The van der Waals surface area contributed by atoms with Gasteiger partial charge in [0.2, 0.25) is 5.91 Å². The molecule has 0 spiro atoms. The molecule has 0 aliphatic heterocycles. The van der Waals surface area contributed by atoms with Crippen LogP contribution < -0.4 is 5.32 Å². The molecule has 2 rings (SSSR count). The predicted octanol–water partition coefficient (Wildman–Crippen LogP) is 4.03. The summed E-state index contributed by atoms with van der Waals surface area (Å²) in [7, 11) is 1.29. The molecule has 0 saturated heterocycles. The molecule has 1 N–H and O–H groups in total. The van der Waals surface area contributed by atoms with Crippen LogP contribution >= 0.6 is 0 Å². The number of anilines is 1. The molecule has 2 aromatic rings. The zero-order chi connectivity index (χ0) is 19.5. The second-order valence-electron chi connectivity index (χ2n) is 6.02. The van der Waals surface area contributed by atoms with Crippen LogP contribution in [0.4, 0.5) is 18.9 Å². The average Bonchev–Trinajstić information content (AvgIpc) is 2.57. The van der Waals surface area contributed by atoms with E-state index in [2.05, 4.69) is 5.32 Å². The highest BCUT2D eigenvalue weighted by Gasteiger charge is 2.35. The van der Waals surface area contributed by atoms with Crippen molar-refractivity contribution in [2.45, 2.75) is 20.0 Å². The van der Waals surface area contributed by atoms with Crippen LogP contribution in [0.1, 0.15) is 27.0 Å². The number of rotatable bonds is 4. The first-order chi connectivity index (χ1) is 12.1. The first-order valence-electron chi connectivity index (χ1n) is 7.89. The zero-order valence-corrected chi connectivity index (χ0v) is 14.6. The van der Waals surface area contributed by atoms with Crippen molar-refractivity contribution < 1.29 is 22.8 Å². The first kappa shape index (κ1) is 19.5. The van der Waals surface area contributed by atoms with Gasteiger partial charge >= 0.3 is 6.18 Å². The molecule has 0 radical (unpaired) electrons. The van der Waals surface area contributed by atoms with Crippen molar-refractivity contribution in [2.75, 3.05) is 18.9 Å². The third kappa shape index (κ3) is 4.41. The summed E-state index contributed by atoms with van der Waals surface area (Å²) in [6, 6.07) is 10.0. The number of hydrogen-bond acceptors (Lipinski definition) is 2. The number of para-hydroxylation sites is 1. The lowest BCUT2D eigenvalue weighted by Gasteiger charge is -2.20. The van der Waals surface area contributed by atoms with Crippen molar-refractivity contribution in [1.29, 1.82) is 0 Å². The molecule has 0 fully saturated rings. The lowest BCUT2D eigenvalue weighted by molar-refractivity contribution is -0.138. The summed E-state index contributed by atoms with van der Waals surface area (Å²) in [5.41, 5.74) is 0.841. The average molecular weight is 364 g/mol. The van der Waals surface area contributed by atoms with E-state index in [4.69, 9.17) is 0 Å². The number of hydrogen-bond donors (Lipinski definition) is 1. The molecular formula is C19H19F3N2O2. The fraction of sp³-hybridized carbons (Fsp3) is 0.263. The summed E-state index contributed by atoms with van der Waals surface area (Å²) >= 11 is 0. The SMILES string of the molecule is Cc1cccc(C)c1NC(=O)CN(C)C(=O)c1ccccc1C(F)(F)F. The Labute approximate surface area is 149 Å². The van der Waals surface area contributed by atoms with Crippen LogP contribution in [0.3, 0.4) is 0 Å². The van der Waals surface area contributed by atoms with E-state index in [1.54, 1.807) is 0 Å². The molecule has 0 aliphatic rings. The number of carbonyl (C=O) groups is 2. The number of halogens is 3. The summed E-state index contributed by atoms with van der Waals surface area (Å²) in [6.45, 7) is 3.30. The topological polar surface area (TPSA) is 49.4 Å². The van der Waals surface area contributed by atoms with E-state index in [0.717, 1.165) is 28.2 Å². The molecule has 0 saturated carbocycles. The van der Waals surface area contributed by atoms with E-state index >= 15 is 0 Å². The summed E-state index contributed by atoms with van der Waals surface area (Å²) in [4.78, 5) is 25.6. The van der Waals surface area contributed by atoms with E-state index in [1.165, 1.54) is 19.2 Å². The molecule has 2 amide bonds. The zero-order valence-electron chi connectivity index (χ0n) is 14.6. The van der Waals surface area contributed by atoms with Crippen LogP contribution in [0, 0.1) is 13.8 Å². The molecule has 26 heavy (non-hydrogen) atoms. The maximum absolute atomic E-state index is 13.1. The Hall–Kier alpha value is -2.83. The maximum Gasteiger partial charge on any atom is 0.417 e. The van der Waals surface area contributed by atoms with Gasteiger partial charge in [0.15, 0.2) is 0 Å². The van der Waals surface area contributed by atoms with Gasteiger partial charge in [-0.15, -0.1) is 0 Å². The quantitative estimate of drug-likeness (QED) is 0.890. The predicted molar refractivity (Wildman–Crippen MR) is 93.0 cm³/mol. The Kier molecular flexibility index (Phi) is 5.69. The molecule has 0 heterocycles. The minimum Gasteiger partial charge on any atom is -0.332 e. The van der Waals surface area contributed by atoms with E-state index in [9.17, 15) is 22.8 Å². The van der Waals surface area contributed by atoms with Gasteiger partial charge in [0.1, 0.15) is 0 Å². The Balaban J connectivity index is 2.14. The van der Waals surface area contributed by atoms with Crippen molar-refractivity contribution in [2.24, 2.45) is 0 Å². The van der Waals surface area contributed by atoms with Crippen molar-refractivity contribution in [3.05, 3.63) is 64.7 Å². The summed E-state index contributed by atoms with van der Waals surface area (Å²) in [5.74, 6) is -1.35. The minimum atomic E-state index is -4.65. The highest BCUT2D eigenvalue weighted by molar-refractivity contribution is 6.00. The third-order valence-electron chi connectivity index (χ3n) is 3.94. The summed E-state index contributed by atoms with van der Waals surface area (Å²) in [6.07, 6.45) is -4.65. The molecule has 138 valence electrons. The number of aryl methyl sites for hydroxylation is 2. The van der Waals surface area contributed by atoms with E-state index in [-0.39, 0.29) is 6.54 Å². The number of nitrogens with one attached hydrogen (secondary N) is 1. The standard InChI is InChI=1S/C19H19F3N2O2/c1-12-7-6-8-13(2)17(12)23-16(25)11-24(3)18(26)14-9-4-5-10-15(14)19(20,21)22/h4-10H,11H2,1-3H3,(H,23,25). The second-order valence-corrected chi connectivity index (χ2v) is 6.02. The fourth-order valence-corrected chi connectivity index (χ4v) is 2.60. The van der Waals surface area contributed by atoms with Crippen molar-refractivity contribution in [3.8, 4) is 0 Å². The normalized spacial score (nSPS) is 11.2. The van der Waals surface area contributed by atoms with E-state index in [1.807, 2.05) is 32.0 Å². The van der Waals surface area contributed by atoms with E-state index in [0.29, 0.717) is 5.69 Å².